The molecule has 5 heteroatoms. The van der Waals surface area contributed by atoms with Gasteiger partial charge >= 0.3 is 0 Å². The highest BCUT2D eigenvalue weighted by atomic mass is 19.1. The molecule has 0 unspecified atom stereocenters. The number of para-hydroxylation sites is 2. The first-order valence-electron chi connectivity index (χ1n) is 9.71. The fraction of sp³-hybridized carbons (Fsp3) is 0.0400. The zero-order valence-electron chi connectivity index (χ0n) is 16.1. The molecule has 0 aliphatic rings. The summed E-state index contributed by atoms with van der Waals surface area (Å²) in [6.07, 6.45) is 1.79. The molecule has 0 amide bonds. The van der Waals surface area contributed by atoms with Gasteiger partial charge in [0, 0.05) is 28.2 Å². The van der Waals surface area contributed by atoms with Crippen molar-refractivity contribution in [2.75, 3.05) is 0 Å². The number of imidazole rings is 1. The van der Waals surface area contributed by atoms with Crippen LogP contribution in [0.5, 0.6) is 0 Å². The van der Waals surface area contributed by atoms with Gasteiger partial charge in [0.05, 0.1) is 17.3 Å². The van der Waals surface area contributed by atoms with Gasteiger partial charge in [-0.1, -0.05) is 30.3 Å². The molecule has 6 rings (SSSR count). The highest BCUT2D eigenvalue weighted by Gasteiger charge is 2.20. The van der Waals surface area contributed by atoms with Crippen molar-refractivity contribution in [3.63, 3.8) is 0 Å². The largest absolute Gasteiger partial charge is 0.455 e. The van der Waals surface area contributed by atoms with E-state index in [0.717, 1.165) is 44.6 Å². The Morgan fingerprint density at radius 1 is 0.900 bits per heavy atom. The zero-order valence-corrected chi connectivity index (χ0v) is 16.1. The van der Waals surface area contributed by atoms with Crippen LogP contribution in [-0.4, -0.2) is 14.5 Å². The van der Waals surface area contributed by atoms with Crippen LogP contribution in [0.4, 0.5) is 4.39 Å². The van der Waals surface area contributed by atoms with Crippen LogP contribution in [0, 0.1) is 12.7 Å². The summed E-state index contributed by atoms with van der Waals surface area (Å²) >= 11 is 0. The number of halogens is 1. The van der Waals surface area contributed by atoms with E-state index in [4.69, 9.17) is 9.40 Å². The smallest absolute Gasteiger partial charge is 0.149 e. The molecule has 0 saturated heterocycles. The van der Waals surface area contributed by atoms with Crippen molar-refractivity contribution in [2.24, 2.45) is 0 Å². The van der Waals surface area contributed by atoms with E-state index in [2.05, 4.69) is 21.7 Å². The minimum Gasteiger partial charge on any atom is -0.455 e. The lowest BCUT2D eigenvalue weighted by atomic mass is 10.1. The van der Waals surface area contributed by atoms with Crippen molar-refractivity contribution in [2.45, 2.75) is 6.92 Å². The summed E-state index contributed by atoms with van der Waals surface area (Å²) in [7, 11) is 0. The highest BCUT2D eigenvalue weighted by Crippen LogP contribution is 2.37. The highest BCUT2D eigenvalue weighted by molar-refractivity contribution is 6.09. The summed E-state index contributed by atoms with van der Waals surface area (Å²) in [5.41, 5.74) is 5.76. The maximum absolute atomic E-state index is 13.8. The van der Waals surface area contributed by atoms with Crippen LogP contribution >= 0.6 is 0 Å². The molecule has 0 saturated carbocycles. The molecule has 3 heterocycles. The Kier molecular flexibility index (Phi) is 3.53. The first-order valence-corrected chi connectivity index (χ1v) is 9.71. The fourth-order valence-corrected chi connectivity index (χ4v) is 4.05. The Balaban J connectivity index is 1.73. The number of furan rings is 1. The molecule has 0 bridgehead atoms. The summed E-state index contributed by atoms with van der Waals surface area (Å²) < 4.78 is 22.0. The van der Waals surface area contributed by atoms with Crippen molar-refractivity contribution in [1.82, 2.24) is 14.5 Å². The second kappa shape index (κ2) is 6.26. The number of aryl methyl sites for hydroxylation is 1. The van der Waals surface area contributed by atoms with Gasteiger partial charge in [-0.3, -0.25) is 9.55 Å². The second-order valence-corrected chi connectivity index (χ2v) is 7.35. The molecular weight excluding hydrogens is 377 g/mol. The summed E-state index contributed by atoms with van der Waals surface area (Å²) in [6, 6.07) is 22.7. The van der Waals surface area contributed by atoms with Gasteiger partial charge in [-0.05, 0) is 43.3 Å². The van der Waals surface area contributed by atoms with Crippen molar-refractivity contribution in [1.29, 1.82) is 0 Å². The summed E-state index contributed by atoms with van der Waals surface area (Å²) in [6.45, 7) is 1.97. The van der Waals surface area contributed by atoms with Gasteiger partial charge in [0.15, 0.2) is 0 Å². The fourth-order valence-electron chi connectivity index (χ4n) is 4.05. The monoisotopic (exact) mass is 393 g/mol. The first-order chi connectivity index (χ1) is 14.7. The topological polar surface area (TPSA) is 43.9 Å². The number of hydrogen-bond donors (Lipinski definition) is 0. The van der Waals surface area contributed by atoms with E-state index in [9.17, 15) is 4.39 Å². The SMILES string of the molecule is Cc1cc2c(cn1)nc(-c1cccc3c1oc1cc(F)ccc13)n2-c1ccccc1. The van der Waals surface area contributed by atoms with Gasteiger partial charge in [-0.2, -0.15) is 0 Å². The molecule has 30 heavy (non-hydrogen) atoms. The van der Waals surface area contributed by atoms with Crippen LogP contribution in [0.1, 0.15) is 5.69 Å². The van der Waals surface area contributed by atoms with Crippen molar-refractivity contribution < 1.29 is 8.81 Å². The van der Waals surface area contributed by atoms with Crippen LogP contribution in [0.3, 0.4) is 0 Å². The van der Waals surface area contributed by atoms with Crippen molar-refractivity contribution in [3.8, 4) is 17.1 Å². The lowest BCUT2D eigenvalue weighted by Crippen LogP contribution is -1.97. The van der Waals surface area contributed by atoms with Gasteiger partial charge in [0.25, 0.3) is 0 Å². The number of fused-ring (bicyclic) bond motifs is 4. The minimum atomic E-state index is -0.318. The molecular formula is C25H16FN3O. The van der Waals surface area contributed by atoms with Gasteiger partial charge in [-0.15, -0.1) is 0 Å². The van der Waals surface area contributed by atoms with Gasteiger partial charge in [-0.25, -0.2) is 9.37 Å². The molecule has 4 nitrogen and oxygen atoms in total. The number of aromatic nitrogens is 3. The Labute approximate surface area is 171 Å². The van der Waals surface area contributed by atoms with Gasteiger partial charge in [0.1, 0.15) is 28.3 Å². The molecule has 0 atom stereocenters. The van der Waals surface area contributed by atoms with Crippen LogP contribution in [0.2, 0.25) is 0 Å². The molecule has 0 spiro atoms. The Morgan fingerprint density at radius 2 is 1.77 bits per heavy atom. The molecule has 0 aliphatic carbocycles. The molecule has 144 valence electrons. The van der Waals surface area contributed by atoms with Crippen LogP contribution in [0.25, 0.3) is 50.0 Å². The van der Waals surface area contributed by atoms with Crippen molar-refractivity contribution in [3.05, 3.63) is 90.5 Å². The van der Waals surface area contributed by atoms with E-state index in [0.29, 0.717) is 11.2 Å². The predicted octanol–water partition coefficient (Wildman–Crippen LogP) is 6.43. The summed E-state index contributed by atoms with van der Waals surface area (Å²) in [4.78, 5) is 9.32. The van der Waals surface area contributed by atoms with E-state index in [1.54, 1.807) is 12.3 Å². The maximum Gasteiger partial charge on any atom is 0.149 e. The second-order valence-electron chi connectivity index (χ2n) is 7.35. The zero-order chi connectivity index (χ0) is 20.2. The molecule has 0 fully saturated rings. The lowest BCUT2D eigenvalue weighted by molar-refractivity contribution is 0.618. The van der Waals surface area contributed by atoms with E-state index >= 15 is 0 Å². The summed E-state index contributed by atoms with van der Waals surface area (Å²) in [5.74, 6) is 0.440. The number of nitrogens with zero attached hydrogens (tertiary/aromatic N) is 3. The number of rotatable bonds is 2. The third-order valence-electron chi connectivity index (χ3n) is 5.39. The normalized spacial score (nSPS) is 11.7. The third-order valence-corrected chi connectivity index (χ3v) is 5.39. The average molecular weight is 393 g/mol. The molecule has 3 aromatic heterocycles. The quantitative estimate of drug-likeness (QED) is 0.340. The average Bonchev–Trinajstić information content (AvgIpc) is 3.31. The van der Waals surface area contributed by atoms with Crippen LogP contribution < -0.4 is 0 Å². The van der Waals surface area contributed by atoms with E-state index in [-0.39, 0.29) is 5.82 Å². The lowest BCUT2D eigenvalue weighted by Gasteiger charge is -2.10. The molecule has 0 aliphatic heterocycles. The first kappa shape index (κ1) is 16.9. The van der Waals surface area contributed by atoms with Crippen molar-refractivity contribution >= 4 is 33.0 Å². The van der Waals surface area contributed by atoms with Gasteiger partial charge in [0.2, 0.25) is 0 Å². The maximum atomic E-state index is 13.8. The minimum absolute atomic E-state index is 0.318. The predicted molar refractivity (Wildman–Crippen MR) is 116 cm³/mol. The van der Waals surface area contributed by atoms with E-state index in [1.165, 1.54) is 12.1 Å². The summed E-state index contributed by atoms with van der Waals surface area (Å²) in [5, 5.41) is 1.82. The standard InChI is InChI=1S/C25H16FN3O/c1-15-12-22-21(14-27-15)28-25(29(22)17-6-3-2-4-7-17)20-9-5-8-19-18-11-10-16(26)13-23(18)30-24(19)20/h2-14H,1H3. The number of benzene rings is 3. The number of pyridine rings is 1. The van der Waals surface area contributed by atoms with E-state index in [1.807, 2.05) is 49.4 Å². The Bertz CT molecular complexity index is 1560. The molecule has 6 aromatic rings. The molecule has 0 N–H and O–H groups in total. The van der Waals surface area contributed by atoms with Crippen LogP contribution in [-0.2, 0) is 0 Å². The number of hydrogen-bond acceptors (Lipinski definition) is 3. The van der Waals surface area contributed by atoms with Gasteiger partial charge < -0.3 is 4.42 Å². The Hall–Kier alpha value is -3.99. The van der Waals surface area contributed by atoms with E-state index < -0.39 is 0 Å². The molecule has 0 radical (unpaired) electrons. The third kappa shape index (κ3) is 2.45. The Morgan fingerprint density at radius 3 is 2.63 bits per heavy atom. The molecule has 3 aromatic carbocycles. The van der Waals surface area contributed by atoms with Crippen LogP contribution in [0.15, 0.2) is 83.4 Å².